The number of hydrogen-bond donors (Lipinski definition) is 1. The molecule has 1 N–H and O–H groups in total. The van der Waals surface area contributed by atoms with Crippen molar-refractivity contribution < 1.29 is 9.72 Å². The lowest BCUT2D eigenvalue weighted by atomic mass is 10.1. The number of benzene rings is 1. The Morgan fingerprint density at radius 1 is 1.57 bits per heavy atom. The quantitative estimate of drug-likeness (QED) is 0.640. The molecular formula is C14H18N4O3. The van der Waals surface area contributed by atoms with E-state index in [9.17, 15) is 14.9 Å². The third kappa shape index (κ3) is 3.92. The number of hydrogen-bond acceptors (Lipinski definition) is 5. The molecule has 1 aromatic rings. The van der Waals surface area contributed by atoms with Gasteiger partial charge in [0.15, 0.2) is 0 Å². The largest absolute Gasteiger partial charge is 0.383 e. The molecule has 0 spiro atoms. The second-order valence-electron chi connectivity index (χ2n) is 4.61. The van der Waals surface area contributed by atoms with Gasteiger partial charge in [0.25, 0.3) is 11.6 Å². The zero-order chi connectivity index (χ0) is 16.0. The standard InChI is InChI=1S/C14H18N4O3/c1-4-17(9-10(2)8-15)14(19)11-5-6-12(16-3)13(7-11)18(20)21/h5-7,10,16H,4,9H2,1-3H3. The molecule has 0 aliphatic rings. The van der Waals surface area contributed by atoms with Crippen molar-refractivity contribution in [2.45, 2.75) is 13.8 Å². The van der Waals surface area contributed by atoms with Crippen LogP contribution in [-0.4, -0.2) is 35.9 Å². The van der Waals surface area contributed by atoms with Crippen LogP contribution in [0.1, 0.15) is 24.2 Å². The maximum absolute atomic E-state index is 12.4. The molecule has 0 saturated heterocycles. The van der Waals surface area contributed by atoms with E-state index in [1.54, 1.807) is 27.0 Å². The summed E-state index contributed by atoms with van der Waals surface area (Å²) in [5.41, 5.74) is 0.449. The minimum absolute atomic E-state index is 0.146. The van der Waals surface area contributed by atoms with Crippen molar-refractivity contribution in [3.63, 3.8) is 0 Å². The van der Waals surface area contributed by atoms with Gasteiger partial charge in [0.2, 0.25) is 0 Å². The van der Waals surface area contributed by atoms with E-state index in [1.165, 1.54) is 17.0 Å². The van der Waals surface area contributed by atoms with E-state index in [0.717, 1.165) is 0 Å². The first-order chi connectivity index (χ1) is 9.94. The van der Waals surface area contributed by atoms with Crippen LogP contribution in [0.4, 0.5) is 11.4 Å². The number of nitro groups is 1. The Labute approximate surface area is 123 Å². The zero-order valence-electron chi connectivity index (χ0n) is 12.3. The van der Waals surface area contributed by atoms with Gasteiger partial charge in [0.1, 0.15) is 5.69 Å². The van der Waals surface area contributed by atoms with E-state index < -0.39 is 4.92 Å². The number of nitro benzene ring substituents is 1. The third-order valence-electron chi connectivity index (χ3n) is 3.09. The van der Waals surface area contributed by atoms with Gasteiger partial charge in [-0.3, -0.25) is 14.9 Å². The molecule has 0 radical (unpaired) electrons. The Morgan fingerprint density at radius 2 is 2.24 bits per heavy atom. The van der Waals surface area contributed by atoms with Crippen molar-refractivity contribution in [1.82, 2.24) is 4.90 Å². The Bertz CT molecular complexity index is 580. The van der Waals surface area contributed by atoms with Crippen LogP contribution in [0.25, 0.3) is 0 Å². The molecule has 0 heterocycles. The van der Waals surface area contributed by atoms with E-state index in [0.29, 0.717) is 18.8 Å². The summed E-state index contributed by atoms with van der Waals surface area (Å²) >= 11 is 0. The number of nitrogens with zero attached hydrogens (tertiary/aromatic N) is 3. The summed E-state index contributed by atoms with van der Waals surface area (Å²) in [4.78, 5) is 24.4. The number of anilines is 1. The highest BCUT2D eigenvalue weighted by atomic mass is 16.6. The molecule has 7 nitrogen and oxygen atoms in total. The number of rotatable bonds is 6. The first kappa shape index (κ1) is 16.4. The Kier molecular flexibility index (Phi) is 5.67. The van der Waals surface area contributed by atoms with Crippen molar-refractivity contribution in [2.24, 2.45) is 5.92 Å². The van der Waals surface area contributed by atoms with E-state index >= 15 is 0 Å². The molecular weight excluding hydrogens is 272 g/mol. The lowest BCUT2D eigenvalue weighted by Crippen LogP contribution is -2.34. The molecule has 7 heteroatoms. The minimum Gasteiger partial charge on any atom is -0.383 e. The second kappa shape index (κ2) is 7.24. The van der Waals surface area contributed by atoms with Gasteiger partial charge in [0.05, 0.1) is 16.9 Å². The zero-order valence-corrected chi connectivity index (χ0v) is 12.3. The predicted octanol–water partition coefficient (Wildman–Crippen LogP) is 2.26. The Hall–Kier alpha value is -2.62. The monoisotopic (exact) mass is 290 g/mol. The number of carbonyl (C=O) groups excluding carboxylic acids is 1. The summed E-state index contributed by atoms with van der Waals surface area (Å²) in [6.07, 6.45) is 0. The van der Waals surface area contributed by atoms with Gasteiger partial charge in [0, 0.05) is 31.8 Å². The fourth-order valence-electron chi connectivity index (χ4n) is 1.94. The number of amides is 1. The highest BCUT2D eigenvalue weighted by Gasteiger charge is 2.21. The highest BCUT2D eigenvalue weighted by molar-refractivity contribution is 5.95. The molecule has 0 aliphatic heterocycles. The smallest absolute Gasteiger partial charge is 0.293 e. The van der Waals surface area contributed by atoms with Crippen LogP contribution in [0.5, 0.6) is 0 Å². The summed E-state index contributed by atoms with van der Waals surface area (Å²) in [5.74, 6) is -0.606. The summed E-state index contributed by atoms with van der Waals surface area (Å²) < 4.78 is 0. The van der Waals surface area contributed by atoms with Crippen LogP contribution in [-0.2, 0) is 0 Å². The van der Waals surface area contributed by atoms with Gasteiger partial charge in [-0.1, -0.05) is 0 Å². The summed E-state index contributed by atoms with van der Waals surface area (Å²) in [7, 11) is 1.58. The average Bonchev–Trinajstić information content (AvgIpc) is 2.50. The summed E-state index contributed by atoms with van der Waals surface area (Å²) in [6, 6.07) is 6.38. The molecule has 0 saturated carbocycles. The molecule has 0 fully saturated rings. The van der Waals surface area contributed by atoms with Crippen molar-refractivity contribution in [3.05, 3.63) is 33.9 Å². The molecule has 1 amide bonds. The van der Waals surface area contributed by atoms with Gasteiger partial charge < -0.3 is 10.2 Å². The number of nitrogens with one attached hydrogen (secondary N) is 1. The normalized spacial score (nSPS) is 11.3. The van der Waals surface area contributed by atoms with E-state index in [1.807, 2.05) is 0 Å². The van der Waals surface area contributed by atoms with Crippen molar-refractivity contribution >= 4 is 17.3 Å². The van der Waals surface area contributed by atoms with Gasteiger partial charge >= 0.3 is 0 Å². The van der Waals surface area contributed by atoms with Crippen LogP contribution < -0.4 is 5.32 Å². The molecule has 1 unspecified atom stereocenters. The Balaban J connectivity index is 3.09. The van der Waals surface area contributed by atoms with Crippen LogP contribution in [0.15, 0.2) is 18.2 Å². The molecule has 1 aromatic carbocycles. The molecule has 112 valence electrons. The predicted molar refractivity (Wildman–Crippen MR) is 79.0 cm³/mol. The summed E-state index contributed by atoms with van der Waals surface area (Å²) in [5, 5.41) is 22.6. The average molecular weight is 290 g/mol. The van der Waals surface area contributed by atoms with Gasteiger partial charge in [-0.2, -0.15) is 5.26 Å². The van der Waals surface area contributed by atoms with Crippen molar-refractivity contribution in [1.29, 1.82) is 5.26 Å². The highest BCUT2D eigenvalue weighted by Crippen LogP contribution is 2.25. The van der Waals surface area contributed by atoms with E-state index in [2.05, 4.69) is 11.4 Å². The minimum atomic E-state index is -0.531. The third-order valence-corrected chi connectivity index (χ3v) is 3.09. The van der Waals surface area contributed by atoms with Crippen molar-refractivity contribution in [2.75, 3.05) is 25.5 Å². The molecule has 0 bridgehead atoms. The molecule has 1 atom stereocenters. The van der Waals surface area contributed by atoms with Gasteiger partial charge in [-0.15, -0.1) is 0 Å². The molecule has 1 rings (SSSR count). The second-order valence-corrected chi connectivity index (χ2v) is 4.61. The fraction of sp³-hybridized carbons (Fsp3) is 0.429. The van der Waals surface area contributed by atoms with Gasteiger partial charge in [-0.25, -0.2) is 0 Å². The maximum atomic E-state index is 12.4. The maximum Gasteiger partial charge on any atom is 0.293 e. The SMILES string of the molecule is CCN(CC(C)C#N)C(=O)c1ccc(NC)c([N+](=O)[O-])c1. The van der Waals surface area contributed by atoms with Crippen LogP contribution >= 0.6 is 0 Å². The number of carbonyl (C=O) groups is 1. The Morgan fingerprint density at radius 3 is 2.71 bits per heavy atom. The van der Waals surface area contributed by atoms with Crippen LogP contribution in [0.3, 0.4) is 0 Å². The van der Waals surface area contributed by atoms with E-state index in [-0.39, 0.29) is 23.1 Å². The molecule has 0 aliphatic carbocycles. The first-order valence-electron chi connectivity index (χ1n) is 6.59. The molecule has 0 aromatic heterocycles. The van der Waals surface area contributed by atoms with E-state index in [4.69, 9.17) is 5.26 Å². The van der Waals surface area contributed by atoms with Crippen LogP contribution in [0.2, 0.25) is 0 Å². The topological polar surface area (TPSA) is 99.3 Å². The molecule has 21 heavy (non-hydrogen) atoms. The van der Waals surface area contributed by atoms with Gasteiger partial charge in [-0.05, 0) is 26.0 Å². The lowest BCUT2D eigenvalue weighted by molar-refractivity contribution is -0.384. The summed E-state index contributed by atoms with van der Waals surface area (Å²) in [6.45, 7) is 4.26. The fourth-order valence-corrected chi connectivity index (χ4v) is 1.94. The number of nitriles is 1. The first-order valence-corrected chi connectivity index (χ1v) is 6.59. The lowest BCUT2D eigenvalue weighted by Gasteiger charge is -2.22. The van der Waals surface area contributed by atoms with Crippen molar-refractivity contribution in [3.8, 4) is 6.07 Å². The van der Waals surface area contributed by atoms with Crippen LogP contribution in [0, 0.1) is 27.4 Å².